The summed E-state index contributed by atoms with van der Waals surface area (Å²) in [6.07, 6.45) is -5.37. The quantitative estimate of drug-likeness (QED) is 0.266. The highest BCUT2D eigenvalue weighted by Gasteiger charge is 2.30. The van der Waals surface area contributed by atoms with Gasteiger partial charge in [0.2, 0.25) is 0 Å². The lowest BCUT2D eigenvalue weighted by molar-refractivity contribution is -0.137. The number of hydrogen-bond acceptors (Lipinski definition) is 4. The minimum atomic E-state index is -4.44. The highest BCUT2D eigenvalue weighted by molar-refractivity contribution is 14.0. The van der Waals surface area contributed by atoms with Gasteiger partial charge in [0.25, 0.3) is 0 Å². The predicted molar refractivity (Wildman–Crippen MR) is 113 cm³/mol. The molecule has 1 unspecified atom stereocenters. The molecule has 10 heteroatoms. The Hall–Kier alpha value is -1.27. The van der Waals surface area contributed by atoms with Crippen molar-refractivity contribution in [2.24, 2.45) is 4.99 Å². The first-order valence-corrected chi connectivity index (χ1v) is 8.63. The molecule has 0 aromatic heterocycles. The number of methoxy groups -OCH3 is 1. The van der Waals surface area contributed by atoms with Crippen molar-refractivity contribution in [2.75, 3.05) is 33.4 Å². The van der Waals surface area contributed by atoms with Crippen molar-refractivity contribution < 1.29 is 27.8 Å². The van der Waals surface area contributed by atoms with E-state index in [1.165, 1.54) is 12.1 Å². The molecule has 0 aliphatic rings. The van der Waals surface area contributed by atoms with E-state index in [0.29, 0.717) is 19.0 Å². The van der Waals surface area contributed by atoms with Crippen LogP contribution in [-0.4, -0.2) is 56.1 Å². The number of aliphatic imine (C=N–C) groups is 1. The van der Waals surface area contributed by atoms with E-state index in [2.05, 4.69) is 15.6 Å². The van der Waals surface area contributed by atoms with Crippen molar-refractivity contribution in [3.8, 4) is 5.75 Å². The third kappa shape index (κ3) is 10.3. The van der Waals surface area contributed by atoms with Gasteiger partial charge in [0.05, 0.1) is 17.7 Å². The van der Waals surface area contributed by atoms with Crippen LogP contribution in [0.2, 0.25) is 0 Å². The number of nitrogens with one attached hydrogen (secondary N) is 2. The SMILES string of the molecule is CCNC(=NCC(C)(C)OC)NCC(O)COc1cccc(C(F)(F)F)c1.I. The van der Waals surface area contributed by atoms with Crippen molar-refractivity contribution in [3.63, 3.8) is 0 Å². The molecule has 0 fully saturated rings. The van der Waals surface area contributed by atoms with Crippen LogP contribution in [0.25, 0.3) is 0 Å². The van der Waals surface area contributed by atoms with Crippen LogP contribution in [0.3, 0.4) is 0 Å². The van der Waals surface area contributed by atoms with Crippen LogP contribution >= 0.6 is 24.0 Å². The van der Waals surface area contributed by atoms with Crippen LogP contribution in [-0.2, 0) is 10.9 Å². The van der Waals surface area contributed by atoms with Crippen LogP contribution in [0.15, 0.2) is 29.3 Å². The number of hydrogen-bond donors (Lipinski definition) is 3. The monoisotopic (exact) mass is 519 g/mol. The van der Waals surface area contributed by atoms with E-state index >= 15 is 0 Å². The second-order valence-corrected chi connectivity index (χ2v) is 6.53. The first-order chi connectivity index (χ1) is 12.6. The summed E-state index contributed by atoms with van der Waals surface area (Å²) < 4.78 is 48.6. The molecule has 6 nitrogen and oxygen atoms in total. The van der Waals surface area contributed by atoms with Gasteiger partial charge in [-0.05, 0) is 39.0 Å². The lowest BCUT2D eigenvalue weighted by atomic mass is 10.1. The average Bonchev–Trinajstić information content (AvgIpc) is 2.62. The Kier molecular flexibility index (Phi) is 11.8. The first kappa shape index (κ1) is 26.7. The highest BCUT2D eigenvalue weighted by atomic mass is 127. The molecule has 28 heavy (non-hydrogen) atoms. The Morgan fingerprint density at radius 3 is 2.50 bits per heavy atom. The van der Waals surface area contributed by atoms with Crippen molar-refractivity contribution in [3.05, 3.63) is 29.8 Å². The molecule has 0 saturated carbocycles. The van der Waals surface area contributed by atoms with Gasteiger partial charge in [-0.1, -0.05) is 6.07 Å². The third-order valence-corrected chi connectivity index (χ3v) is 3.62. The number of aliphatic hydroxyl groups is 1. The fourth-order valence-electron chi connectivity index (χ4n) is 1.90. The smallest absolute Gasteiger partial charge is 0.416 e. The maximum atomic E-state index is 12.7. The Labute approximate surface area is 180 Å². The molecule has 3 N–H and O–H groups in total. The second kappa shape index (κ2) is 12.3. The van der Waals surface area contributed by atoms with Crippen LogP contribution < -0.4 is 15.4 Å². The number of guanidine groups is 1. The van der Waals surface area contributed by atoms with Crippen molar-refractivity contribution in [1.29, 1.82) is 0 Å². The maximum Gasteiger partial charge on any atom is 0.416 e. The summed E-state index contributed by atoms with van der Waals surface area (Å²) in [5.74, 6) is 0.548. The molecule has 162 valence electrons. The predicted octanol–water partition coefficient (Wildman–Crippen LogP) is 3.04. The molecule has 1 aromatic rings. The summed E-state index contributed by atoms with van der Waals surface area (Å²) >= 11 is 0. The van der Waals surface area contributed by atoms with Gasteiger partial charge in [-0.3, -0.25) is 4.99 Å². The molecule has 0 aliphatic carbocycles. The fraction of sp³-hybridized carbons (Fsp3) is 0.611. The van der Waals surface area contributed by atoms with E-state index in [1.807, 2.05) is 20.8 Å². The molecule has 0 saturated heterocycles. The lowest BCUT2D eigenvalue weighted by Gasteiger charge is -2.21. The summed E-state index contributed by atoms with van der Waals surface area (Å²) in [6.45, 7) is 6.72. The van der Waals surface area contributed by atoms with Gasteiger partial charge in [-0.15, -0.1) is 24.0 Å². The summed E-state index contributed by atoms with van der Waals surface area (Å²) in [6, 6.07) is 4.54. The Bertz CT molecular complexity index is 613. The van der Waals surface area contributed by atoms with Gasteiger partial charge in [0.1, 0.15) is 18.5 Å². The minimum Gasteiger partial charge on any atom is -0.491 e. The largest absolute Gasteiger partial charge is 0.491 e. The molecule has 0 bridgehead atoms. The highest BCUT2D eigenvalue weighted by Crippen LogP contribution is 2.31. The molecule has 0 radical (unpaired) electrons. The van der Waals surface area contributed by atoms with Gasteiger partial charge in [0.15, 0.2) is 5.96 Å². The number of aliphatic hydroxyl groups excluding tert-OH is 1. The van der Waals surface area contributed by atoms with E-state index in [4.69, 9.17) is 9.47 Å². The molecule has 1 rings (SSSR count). The van der Waals surface area contributed by atoms with Crippen LogP contribution in [0.5, 0.6) is 5.75 Å². The van der Waals surface area contributed by atoms with E-state index < -0.39 is 23.4 Å². The molecule has 0 heterocycles. The van der Waals surface area contributed by atoms with Crippen LogP contribution in [0, 0.1) is 0 Å². The molecule has 1 atom stereocenters. The zero-order valence-electron chi connectivity index (χ0n) is 16.5. The number of rotatable bonds is 9. The number of ether oxygens (including phenoxy) is 2. The lowest BCUT2D eigenvalue weighted by Crippen LogP contribution is -2.43. The molecule has 0 amide bonds. The van der Waals surface area contributed by atoms with E-state index in [-0.39, 0.29) is 42.9 Å². The molecule has 1 aromatic carbocycles. The van der Waals surface area contributed by atoms with Gasteiger partial charge in [-0.2, -0.15) is 13.2 Å². The zero-order chi connectivity index (χ0) is 20.5. The zero-order valence-corrected chi connectivity index (χ0v) is 18.8. The first-order valence-electron chi connectivity index (χ1n) is 8.63. The standard InChI is InChI=1S/C18H28F3N3O3.HI/c1-5-22-16(24-12-17(2,3)26-4)23-10-14(25)11-27-15-8-6-7-13(9-15)18(19,20)21;/h6-9,14,25H,5,10-12H2,1-4H3,(H2,22,23,24);1H. The number of halogens is 4. The van der Waals surface area contributed by atoms with E-state index in [9.17, 15) is 18.3 Å². The summed E-state index contributed by atoms with van der Waals surface area (Å²) in [5.41, 5.74) is -1.22. The van der Waals surface area contributed by atoms with Gasteiger partial charge >= 0.3 is 6.18 Å². The number of alkyl halides is 3. The van der Waals surface area contributed by atoms with E-state index in [0.717, 1.165) is 12.1 Å². The Morgan fingerprint density at radius 1 is 1.25 bits per heavy atom. The average molecular weight is 519 g/mol. The minimum absolute atomic E-state index is 0. The van der Waals surface area contributed by atoms with Crippen molar-refractivity contribution >= 4 is 29.9 Å². The number of benzene rings is 1. The Morgan fingerprint density at radius 2 is 1.93 bits per heavy atom. The molecular formula is C18H29F3IN3O3. The molecule has 0 spiro atoms. The topological polar surface area (TPSA) is 75.1 Å². The van der Waals surface area contributed by atoms with Crippen molar-refractivity contribution in [2.45, 2.75) is 38.7 Å². The molecule has 0 aliphatic heterocycles. The van der Waals surface area contributed by atoms with Crippen LogP contribution in [0.4, 0.5) is 13.2 Å². The third-order valence-electron chi connectivity index (χ3n) is 3.62. The maximum absolute atomic E-state index is 12.7. The normalized spacial score (nSPS) is 13.5. The van der Waals surface area contributed by atoms with Gasteiger partial charge < -0.3 is 25.2 Å². The number of nitrogens with zero attached hydrogens (tertiary/aromatic N) is 1. The fourth-order valence-corrected chi connectivity index (χ4v) is 1.90. The summed E-state index contributed by atoms with van der Waals surface area (Å²) in [4.78, 5) is 4.38. The summed E-state index contributed by atoms with van der Waals surface area (Å²) in [5, 5.41) is 16.0. The van der Waals surface area contributed by atoms with Gasteiger partial charge in [0, 0.05) is 20.2 Å². The molecular weight excluding hydrogens is 490 g/mol. The summed E-state index contributed by atoms with van der Waals surface area (Å²) in [7, 11) is 1.60. The van der Waals surface area contributed by atoms with E-state index in [1.54, 1.807) is 7.11 Å². The second-order valence-electron chi connectivity index (χ2n) is 6.53. The van der Waals surface area contributed by atoms with Crippen molar-refractivity contribution in [1.82, 2.24) is 10.6 Å². The van der Waals surface area contributed by atoms with Crippen LogP contribution in [0.1, 0.15) is 26.3 Å². The Balaban J connectivity index is 0.00000729. The van der Waals surface area contributed by atoms with Gasteiger partial charge in [-0.25, -0.2) is 0 Å².